The summed E-state index contributed by atoms with van der Waals surface area (Å²) in [5.74, 6) is 0.356. The van der Waals surface area contributed by atoms with Crippen molar-refractivity contribution in [3.63, 3.8) is 0 Å². The first-order valence-electron chi connectivity index (χ1n) is 7.54. The second-order valence-electron chi connectivity index (χ2n) is 5.43. The number of rotatable bonds is 6. The third-order valence-corrected chi connectivity index (χ3v) is 6.86. The number of phenols is 1. The molecular formula is C16H15BrN4O4S2. The fourth-order valence-electron chi connectivity index (χ4n) is 2.26. The lowest BCUT2D eigenvalue weighted by Crippen LogP contribution is -2.30. The van der Waals surface area contributed by atoms with Gasteiger partial charge in [0.2, 0.25) is 9.87 Å². The van der Waals surface area contributed by atoms with Crippen molar-refractivity contribution in [2.75, 3.05) is 17.1 Å². The van der Waals surface area contributed by atoms with Crippen LogP contribution in [0.2, 0.25) is 0 Å². The number of aromatic hydroxyl groups is 1. The number of hydrogen-bond donors (Lipinski definition) is 2. The summed E-state index contributed by atoms with van der Waals surface area (Å²) in [7, 11) is -2.47. The predicted molar refractivity (Wildman–Crippen MR) is 106 cm³/mol. The molecular weight excluding hydrogens is 456 g/mol. The van der Waals surface area contributed by atoms with E-state index in [4.69, 9.17) is 10.5 Å². The minimum atomic E-state index is -4.02. The number of anilines is 2. The largest absolute Gasteiger partial charge is 0.506 e. The van der Waals surface area contributed by atoms with E-state index in [1.807, 2.05) is 0 Å². The Morgan fingerprint density at radius 3 is 2.52 bits per heavy atom. The summed E-state index contributed by atoms with van der Waals surface area (Å²) >= 11 is 4.08. The van der Waals surface area contributed by atoms with E-state index < -0.39 is 10.0 Å². The van der Waals surface area contributed by atoms with Crippen LogP contribution in [0.4, 0.5) is 10.8 Å². The summed E-state index contributed by atoms with van der Waals surface area (Å²) in [4.78, 5) is 4.03. The maximum absolute atomic E-state index is 13.2. The fraction of sp³-hybridized carbons (Fsp3) is 0.125. The first-order valence-corrected chi connectivity index (χ1v) is 10.6. The molecule has 0 aliphatic heterocycles. The third kappa shape index (κ3) is 4.15. The molecule has 1 heterocycles. The molecule has 3 rings (SSSR count). The molecule has 0 saturated heterocycles. The van der Waals surface area contributed by atoms with Crippen LogP contribution in [-0.4, -0.2) is 30.0 Å². The van der Waals surface area contributed by atoms with Gasteiger partial charge in [0.25, 0.3) is 10.0 Å². The van der Waals surface area contributed by atoms with Gasteiger partial charge in [0.15, 0.2) is 0 Å². The van der Waals surface area contributed by atoms with Crippen LogP contribution in [0.25, 0.3) is 0 Å². The van der Waals surface area contributed by atoms with Crippen molar-refractivity contribution in [2.45, 2.75) is 11.4 Å². The topological polar surface area (TPSA) is 119 Å². The van der Waals surface area contributed by atoms with Crippen molar-refractivity contribution < 1.29 is 18.3 Å². The summed E-state index contributed by atoms with van der Waals surface area (Å²) in [6, 6.07) is 10.8. The van der Waals surface area contributed by atoms with Gasteiger partial charge in [-0.1, -0.05) is 12.1 Å². The quantitative estimate of drug-likeness (QED) is 0.419. The van der Waals surface area contributed by atoms with Gasteiger partial charge in [-0.05, 0) is 45.8 Å². The van der Waals surface area contributed by atoms with Crippen molar-refractivity contribution in [3.8, 4) is 11.5 Å². The smallest absolute Gasteiger partial charge is 0.266 e. The molecule has 27 heavy (non-hydrogen) atoms. The number of ether oxygens (including phenoxy) is 1. The molecule has 142 valence electrons. The number of nitrogens with two attached hydrogens (primary N) is 1. The maximum Gasteiger partial charge on any atom is 0.266 e. The third-order valence-electron chi connectivity index (χ3n) is 3.68. The number of aromatic nitrogens is 2. The van der Waals surface area contributed by atoms with E-state index in [1.54, 1.807) is 31.4 Å². The molecule has 0 fully saturated rings. The number of methoxy groups -OCH3 is 1. The van der Waals surface area contributed by atoms with Gasteiger partial charge in [-0.25, -0.2) is 12.7 Å². The van der Waals surface area contributed by atoms with E-state index in [9.17, 15) is 13.5 Å². The van der Waals surface area contributed by atoms with Gasteiger partial charge in [-0.2, -0.15) is 9.36 Å². The van der Waals surface area contributed by atoms with E-state index in [-0.39, 0.29) is 32.7 Å². The lowest BCUT2D eigenvalue weighted by Gasteiger charge is -2.21. The highest BCUT2D eigenvalue weighted by molar-refractivity contribution is 9.10. The van der Waals surface area contributed by atoms with Gasteiger partial charge in [-0.3, -0.25) is 0 Å². The summed E-state index contributed by atoms with van der Waals surface area (Å²) in [6.45, 7) is 0.0269. The van der Waals surface area contributed by atoms with Crippen molar-refractivity contribution in [1.29, 1.82) is 0 Å². The molecule has 0 unspecified atom stereocenters. The van der Waals surface area contributed by atoms with Crippen LogP contribution < -0.4 is 14.8 Å². The minimum absolute atomic E-state index is 0.0269. The number of hydrogen-bond acceptors (Lipinski definition) is 8. The Bertz CT molecular complexity index is 1050. The molecule has 0 atom stereocenters. The first-order chi connectivity index (χ1) is 12.8. The average Bonchev–Trinajstić information content (AvgIpc) is 3.08. The highest BCUT2D eigenvalue weighted by atomic mass is 79.9. The summed E-state index contributed by atoms with van der Waals surface area (Å²) < 4.78 is 37.0. The molecule has 0 spiro atoms. The molecule has 0 radical (unpaired) electrons. The Morgan fingerprint density at radius 1 is 1.26 bits per heavy atom. The van der Waals surface area contributed by atoms with Crippen molar-refractivity contribution in [2.24, 2.45) is 0 Å². The maximum atomic E-state index is 13.2. The van der Waals surface area contributed by atoms with Gasteiger partial charge >= 0.3 is 0 Å². The van der Waals surface area contributed by atoms with Crippen LogP contribution in [-0.2, 0) is 16.6 Å². The van der Waals surface area contributed by atoms with Crippen LogP contribution in [0.5, 0.6) is 11.5 Å². The number of nitrogen functional groups attached to an aromatic ring is 1. The molecule has 0 aliphatic rings. The lowest BCUT2D eigenvalue weighted by molar-refractivity contribution is 0.414. The number of benzene rings is 2. The predicted octanol–water partition coefficient (Wildman–Crippen LogP) is 2.99. The van der Waals surface area contributed by atoms with E-state index in [1.165, 1.54) is 12.1 Å². The molecule has 11 heteroatoms. The fourth-order valence-corrected chi connectivity index (χ4v) is 4.96. The molecule has 0 bridgehead atoms. The number of phenolic OH excluding ortho intramolecular Hbond substituents is 1. The SMILES string of the molecule is COc1ccc(CN(c2nc(Br)ns2)S(=O)(=O)c2ccc(N)c(O)c2)cc1. The molecule has 3 N–H and O–H groups in total. The minimum Gasteiger partial charge on any atom is -0.506 e. The standard InChI is InChI=1S/C16H15BrN4O4S2/c1-25-11-4-2-10(3-5-11)9-21(16-19-15(17)20-26-16)27(23,24)12-6-7-13(18)14(22)8-12/h2-8,22H,9,18H2,1H3. The number of nitrogens with zero attached hydrogens (tertiary/aromatic N) is 3. The zero-order valence-corrected chi connectivity index (χ0v) is 17.3. The first kappa shape index (κ1) is 19.4. The molecule has 1 aromatic heterocycles. The van der Waals surface area contributed by atoms with Crippen LogP contribution >= 0.6 is 27.5 Å². The van der Waals surface area contributed by atoms with Crippen LogP contribution in [0.1, 0.15) is 5.56 Å². The van der Waals surface area contributed by atoms with Crippen molar-refractivity contribution in [3.05, 3.63) is 52.8 Å². The molecule has 0 saturated carbocycles. The highest BCUT2D eigenvalue weighted by Crippen LogP contribution is 2.31. The molecule has 2 aromatic carbocycles. The summed E-state index contributed by atoms with van der Waals surface area (Å²) in [5, 5.41) is 10.0. The van der Waals surface area contributed by atoms with E-state index in [0.717, 1.165) is 27.5 Å². The second-order valence-corrected chi connectivity index (χ2v) is 8.73. The second kappa shape index (κ2) is 7.71. The Hall–Kier alpha value is -2.37. The van der Waals surface area contributed by atoms with Crippen LogP contribution in [0, 0.1) is 0 Å². The van der Waals surface area contributed by atoms with Crippen LogP contribution in [0.15, 0.2) is 52.1 Å². The number of halogens is 1. The zero-order chi connectivity index (χ0) is 19.6. The highest BCUT2D eigenvalue weighted by Gasteiger charge is 2.28. The van der Waals surface area contributed by atoms with Crippen molar-refractivity contribution in [1.82, 2.24) is 9.36 Å². The normalized spacial score (nSPS) is 11.3. The summed E-state index contributed by atoms with van der Waals surface area (Å²) in [5.41, 5.74) is 6.40. The Kier molecular flexibility index (Phi) is 5.53. The van der Waals surface area contributed by atoms with Crippen molar-refractivity contribution >= 4 is 48.3 Å². The molecule has 0 aliphatic carbocycles. The number of sulfonamides is 1. The van der Waals surface area contributed by atoms with E-state index >= 15 is 0 Å². The molecule has 3 aromatic rings. The Balaban J connectivity index is 2.04. The Labute approximate surface area is 168 Å². The van der Waals surface area contributed by atoms with Gasteiger partial charge in [-0.15, -0.1) is 0 Å². The monoisotopic (exact) mass is 470 g/mol. The van der Waals surface area contributed by atoms with Gasteiger partial charge in [0.05, 0.1) is 24.2 Å². The lowest BCUT2D eigenvalue weighted by atomic mass is 10.2. The van der Waals surface area contributed by atoms with E-state index in [2.05, 4.69) is 25.3 Å². The zero-order valence-electron chi connectivity index (χ0n) is 14.0. The average molecular weight is 471 g/mol. The summed E-state index contributed by atoms with van der Waals surface area (Å²) in [6.07, 6.45) is 0. The van der Waals surface area contributed by atoms with Gasteiger partial charge < -0.3 is 15.6 Å². The molecule has 8 nitrogen and oxygen atoms in total. The Morgan fingerprint density at radius 2 is 1.96 bits per heavy atom. The van der Waals surface area contributed by atoms with E-state index in [0.29, 0.717) is 5.75 Å². The van der Waals surface area contributed by atoms with Gasteiger partial charge in [0, 0.05) is 17.6 Å². The molecule has 0 amide bonds. The van der Waals surface area contributed by atoms with Crippen LogP contribution in [0.3, 0.4) is 0 Å². The van der Waals surface area contributed by atoms with Gasteiger partial charge in [0.1, 0.15) is 11.5 Å².